The zero-order chi connectivity index (χ0) is 14.2. The molecule has 20 heavy (non-hydrogen) atoms. The van der Waals surface area contributed by atoms with Crippen LogP contribution in [0.5, 0.6) is 0 Å². The maximum Gasteiger partial charge on any atom is 0.266 e. The number of benzene rings is 1. The Morgan fingerprint density at radius 3 is 2.95 bits per heavy atom. The Hall–Kier alpha value is -1.66. The fourth-order valence-corrected chi connectivity index (χ4v) is 2.94. The third kappa shape index (κ3) is 2.76. The molecule has 0 spiro atoms. The molecule has 1 aromatic carbocycles. The average molecular weight is 292 g/mol. The van der Waals surface area contributed by atoms with Crippen LogP contribution in [0.2, 0.25) is 0 Å². The Kier molecular flexibility index (Phi) is 3.35. The molecule has 1 amide bonds. The summed E-state index contributed by atoms with van der Waals surface area (Å²) in [6.07, 6.45) is 3.51. The largest absolute Gasteiger partial charge is 0.429 e. The Balaban J connectivity index is 1.72. The summed E-state index contributed by atoms with van der Waals surface area (Å²) >= 11 is 4.91. The molecule has 1 aliphatic carbocycles. The summed E-state index contributed by atoms with van der Waals surface area (Å²) in [4.78, 5) is 15.2. The molecular weight excluding hydrogens is 276 g/mol. The number of aromatic nitrogens is 1. The van der Waals surface area contributed by atoms with Crippen LogP contribution in [0.4, 0.5) is 5.69 Å². The van der Waals surface area contributed by atoms with Gasteiger partial charge >= 0.3 is 0 Å². The maximum atomic E-state index is 12.0. The zero-order valence-electron chi connectivity index (χ0n) is 10.9. The van der Waals surface area contributed by atoms with Gasteiger partial charge in [-0.15, -0.1) is 0 Å². The van der Waals surface area contributed by atoms with Gasteiger partial charge in [0.05, 0.1) is 17.5 Å². The molecule has 3 N–H and O–H groups in total. The first kappa shape index (κ1) is 13.3. The molecule has 5 nitrogen and oxygen atoms in total. The van der Waals surface area contributed by atoms with E-state index in [1.807, 2.05) is 0 Å². The number of hydrogen-bond donors (Lipinski definition) is 3. The fraction of sp³-hybridized carbons (Fsp3) is 0.429. The van der Waals surface area contributed by atoms with Crippen LogP contribution in [-0.2, 0) is 4.79 Å². The molecule has 0 unspecified atom stereocenters. The van der Waals surface area contributed by atoms with E-state index in [0.717, 1.165) is 18.4 Å². The predicted molar refractivity (Wildman–Crippen MR) is 78.1 cm³/mol. The second-order valence-electron chi connectivity index (χ2n) is 5.38. The summed E-state index contributed by atoms with van der Waals surface area (Å²) in [6, 6.07) is 5.30. The topological polar surface area (TPSA) is 78.3 Å². The molecule has 0 radical (unpaired) electrons. The highest BCUT2D eigenvalue weighted by Gasteiger charge is 2.33. The maximum absolute atomic E-state index is 12.0. The van der Waals surface area contributed by atoms with Crippen molar-refractivity contribution in [3.8, 4) is 0 Å². The van der Waals surface area contributed by atoms with Crippen LogP contribution in [0.1, 0.15) is 32.1 Å². The summed E-state index contributed by atoms with van der Waals surface area (Å²) < 4.78 is 5.30. The van der Waals surface area contributed by atoms with Gasteiger partial charge in [0.2, 0.25) is 5.91 Å². The Bertz CT molecular complexity index is 698. The Labute approximate surface area is 121 Å². The molecule has 0 atom stereocenters. The molecule has 1 aromatic heterocycles. The SMILES string of the molecule is O=C(CC1(O)CCCC1)Nc1ccc2[nH]c(=S)oc2c1. The summed E-state index contributed by atoms with van der Waals surface area (Å²) in [5.74, 6) is -0.178. The monoisotopic (exact) mass is 292 g/mol. The van der Waals surface area contributed by atoms with Crippen LogP contribution in [-0.4, -0.2) is 21.6 Å². The van der Waals surface area contributed by atoms with E-state index in [4.69, 9.17) is 16.6 Å². The average Bonchev–Trinajstić information content (AvgIpc) is 2.93. The molecule has 0 saturated heterocycles. The van der Waals surface area contributed by atoms with Crippen molar-refractivity contribution in [2.75, 3.05) is 5.32 Å². The van der Waals surface area contributed by atoms with Crippen LogP contribution in [0.25, 0.3) is 11.1 Å². The minimum atomic E-state index is -0.833. The van der Waals surface area contributed by atoms with E-state index in [2.05, 4.69) is 10.3 Å². The fourth-order valence-electron chi connectivity index (χ4n) is 2.74. The third-order valence-electron chi connectivity index (χ3n) is 3.73. The number of fused-ring (bicyclic) bond motifs is 1. The van der Waals surface area contributed by atoms with Gasteiger partial charge in [0.1, 0.15) is 0 Å². The van der Waals surface area contributed by atoms with Crippen molar-refractivity contribution in [2.45, 2.75) is 37.7 Å². The van der Waals surface area contributed by atoms with Gasteiger partial charge in [-0.25, -0.2) is 0 Å². The molecule has 1 saturated carbocycles. The van der Waals surface area contributed by atoms with E-state index in [0.29, 0.717) is 28.9 Å². The number of nitrogens with one attached hydrogen (secondary N) is 2. The second kappa shape index (κ2) is 5.03. The van der Waals surface area contributed by atoms with Gasteiger partial charge < -0.3 is 19.8 Å². The molecule has 106 valence electrons. The number of anilines is 1. The second-order valence-corrected chi connectivity index (χ2v) is 5.75. The summed E-state index contributed by atoms with van der Waals surface area (Å²) in [7, 11) is 0. The summed E-state index contributed by atoms with van der Waals surface area (Å²) in [5.41, 5.74) is 1.21. The summed E-state index contributed by atoms with van der Waals surface area (Å²) in [6.45, 7) is 0. The van der Waals surface area contributed by atoms with Crippen molar-refractivity contribution in [3.05, 3.63) is 23.0 Å². The lowest BCUT2D eigenvalue weighted by Gasteiger charge is -2.21. The summed E-state index contributed by atoms with van der Waals surface area (Å²) in [5, 5.41) is 13.0. The third-order valence-corrected chi connectivity index (χ3v) is 3.91. The van der Waals surface area contributed by atoms with E-state index in [-0.39, 0.29) is 12.3 Å². The van der Waals surface area contributed by atoms with Gasteiger partial charge in [0, 0.05) is 11.8 Å². The van der Waals surface area contributed by atoms with E-state index in [1.54, 1.807) is 18.2 Å². The van der Waals surface area contributed by atoms with Crippen molar-refractivity contribution < 1.29 is 14.3 Å². The van der Waals surface area contributed by atoms with Gasteiger partial charge in [-0.05, 0) is 37.2 Å². The van der Waals surface area contributed by atoms with Crippen molar-refractivity contribution in [1.82, 2.24) is 4.98 Å². The molecule has 1 fully saturated rings. The lowest BCUT2D eigenvalue weighted by atomic mass is 9.97. The number of hydrogen-bond acceptors (Lipinski definition) is 4. The Morgan fingerprint density at radius 1 is 1.45 bits per heavy atom. The minimum absolute atomic E-state index is 0.140. The lowest BCUT2D eigenvalue weighted by Crippen LogP contribution is -2.30. The van der Waals surface area contributed by atoms with E-state index < -0.39 is 5.60 Å². The number of amides is 1. The number of aliphatic hydroxyl groups is 1. The van der Waals surface area contributed by atoms with E-state index in [1.165, 1.54) is 0 Å². The quantitative estimate of drug-likeness (QED) is 0.759. The van der Waals surface area contributed by atoms with Gasteiger partial charge in [0.15, 0.2) is 5.58 Å². The number of rotatable bonds is 3. The van der Waals surface area contributed by atoms with Crippen LogP contribution in [0.15, 0.2) is 22.6 Å². The zero-order valence-corrected chi connectivity index (χ0v) is 11.8. The first-order chi connectivity index (χ1) is 9.54. The molecule has 2 aromatic rings. The van der Waals surface area contributed by atoms with E-state index >= 15 is 0 Å². The smallest absolute Gasteiger partial charge is 0.266 e. The van der Waals surface area contributed by atoms with Crippen molar-refractivity contribution in [2.24, 2.45) is 0 Å². The first-order valence-electron chi connectivity index (χ1n) is 6.69. The highest BCUT2D eigenvalue weighted by molar-refractivity contribution is 7.71. The van der Waals surface area contributed by atoms with Gasteiger partial charge in [-0.1, -0.05) is 12.8 Å². The van der Waals surface area contributed by atoms with Crippen molar-refractivity contribution in [3.63, 3.8) is 0 Å². The van der Waals surface area contributed by atoms with Crippen molar-refractivity contribution in [1.29, 1.82) is 0 Å². The number of aromatic amines is 1. The van der Waals surface area contributed by atoms with Gasteiger partial charge in [-0.3, -0.25) is 4.79 Å². The first-order valence-corrected chi connectivity index (χ1v) is 7.10. The Morgan fingerprint density at radius 2 is 2.20 bits per heavy atom. The number of carbonyl (C=O) groups excluding carboxylic acids is 1. The number of H-pyrrole nitrogens is 1. The molecule has 1 aliphatic rings. The van der Waals surface area contributed by atoms with E-state index in [9.17, 15) is 9.90 Å². The van der Waals surface area contributed by atoms with Crippen molar-refractivity contribution >= 4 is 34.9 Å². The normalized spacial score (nSPS) is 17.4. The van der Waals surface area contributed by atoms with Crippen LogP contribution >= 0.6 is 12.2 Å². The molecule has 0 bridgehead atoms. The molecular formula is C14H16N2O3S. The minimum Gasteiger partial charge on any atom is -0.429 e. The molecule has 0 aliphatic heterocycles. The highest BCUT2D eigenvalue weighted by atomic mass is 32.1. The molecule has 3 rings (SSSR count). The number of oxazole rings is 1. The predicted octanol–water partition coefficient (Wildman–Crippen LogP) is 3.12. The molecule has 6 heteroatoms. The van der Waals surface area contributed by atoms with Crippen LogP contribution < -0.4 is 5.32 Å². The van der Waals surface area contributed by atoms with Gasteiger partial charge in [0.25, 0.3) is 4.84 Å². The highest BCUT2D eigenvalue weighted by Crippen LogP contribution is 2.32. The standard InChI is InChI=1S/C14H16N2O3S/c17-12(8-14(18)5-1-2-6-14)15-9-3-4-10-11(7-9)19-13(20)16-10/h3-4,7,18H,1-2,5-6,8H2,(H,15,17)(H,16,20). The van der Waals surface area contributed by atoms with Crippen LogP contribution in [0, 0.1) is 4.84 Å². The number of carbonyl (C=O) groups is 1. The lowest BCUT2D eigenvalue weighted by molar-refractivity contribution is -0.120. The van der Waals surface area contributed by atoms with Gasteiger partial charge in [-0.2, -0.15) is 0 Å². The molecule has 1 heterocycles. The van der Waals surface area contributed by atoms with Crippen LogP contribution in [0.3, 0.4) is 0 Å².